The van der Waals surface area contributed by atoms with Gasteiger partial charge < -0.3 is 14.2 Å². The molecule has 0 fully saturated rings. The normalized spacial score (nSPS) is 11.4. The maximum Gasteiger partial charge on any atom is 0.283 e. The second-order valence-corrected chi connectivity index (χ2v) is 7.93. The number of hydrogen-bond donors (Lipinski definition) is 1. The van der Waals surface area contributed by atoms with Gasteiger partial charge in [-0.15, -0.1) is 0 Å². The van der Waals surface area contributed by atoms with E-state index in [0.717, 1.165) is 4.68 Å². The molecule has 32 heavy (non-hydrogen) atoms. The molecule has 0 aliphatic carbocycles. The van der Waals surface area contributed by atoms with Crippen molar-refractivity contribution in [2.75, 3.05) is 25.2 Å². The number of amides is 1. The van der Waals surface area contributed by atoms with Crippen LogP contribution in [-0.2, 0) is 5.54 Å². The molecule has 3 rings (SSSR count). The third kappa shape index (κ3) is 4.53. The minimum absolute atomic E-state index is 0.248. The first-order chi connectivity index (χ1) is 15.2. The second kappa shape index (κ2) is 9.29. The molecule has 172 valence electrons. The fourth-order valence-electron chi connectivity index (χ4n) is 3.18. The van der Waals surface area contributed by atoms with Crippen molar-refractivity contribution in [3.05, 3.63) is 40.6 Å². The Bertz CT molecular complexity index is 1150. The summed E-state index contributed by atoms with van der Waals surface area (Å²) in [7, 11) is 0. The highest BCUT2D eigenvalue weighted by Crippen LogP contribution is 2.39. The minimum Gasteiger partial charge on any atom is -0.490 e. The zero-order valence-electron chi connectivity index (χ0n) is 19.3. The Kier molecular flexibility index (Phi) is 6.71. The van der Waals surface area contributed by atoms with Crippen molar-refractivity contribution in [1.82, 2.24) is 19.4 Å². The van der Waals surface area contributed by atoms with Crippen LogP contribution in [0.15, 0.2) is 29.5 Å². The molecule has 2 heterocycles. The summed E-state index contributed by atoms with van der Waals surface area (Å²) in [6.07, 6.45) is 2.73. The van der Waals surface area contributed by atoms with Gasteiger partial charge in [0, 0.05) is 5.56 Å². The Morgan fingerprint density at radius 1 is 1.03 bits per heavy atom. The number of nitrogens with one attached hydrogen (secondary N) is 1. The highest BCUT2D eigenvalue weighted by Gasteiger charge is 2.22. The van der Waals surface area contributed by atoms with Gasteiger partial charge in [-0.05, 0) is 53.7 Å². The SMILES string of the molecule is CCOc1cc(C(=O)Nn2cnc3c(cnn3C(C)(C)C)c2=O)cc(OCC)c1OCC. The van der Waals surface area contributed by atoms with E-state index in [9.17, 15) is 9.59 Å². The van der Waals surface area contributed by atoms with Crippen molar-refractivity contribution < 1.29 is 19.0 Å². The lowest BCUT2D eigenvalue weighted by Gasteiger charge is -2.19. The van der Waals surface area contributed by atoms with Gasteiger partial charge in [-0.3, -0.25) is 15.0 Å². The van der Waals surface area contributed by atoms with E-state index in [4.69, 9.17) is 14.2 Å². The maximum atomic E-state index is 13.0. The average Bonchev–Trinajstić information content (AvgIpc) is 3.18. The Balaban J connectivity index is 1.98. The van der Waals surface area contributed by atoms with Crippen LogP contribution in [0.5, 0.6) is 17.2 Å². The molecule has 3 aromatic rings. The average molecular weight is 444 g/mol. The molecule has 0 unspecified atom stereocenters. The van der Waals surface area contributed by atoms with Crippen molar-refractivity contribution in [2.24, 2.45) is 0 Å². The van der Waals surface area contributed by atoms with Crippen molar-refractivity contribution in [2.45, 2.75) is 47.1 Å². The van der Waals surface area contributed by atoms with Gasteiger partial charge in [0.05, 0.1) is 31.6 Å². The summed E-state index contributed by atoms with van der Waals surface area (Å²) in [5, 5.41) is 4.58. The molecule has 1 N–H and O–H groups in total. The van der Waals surface area contributed by atoms with Crippen molar-refractivity contribution >= 4 is 16.9 Å². The molecule has 0 atom stereocenters. The highest BCUT2D eigenvalue weighted by atomic mass is 16.5. The minimum atomic E-state index is -0.526. The number of nitrogens with zero attached hydrogens (tertiary/aromatic N) is 4. The van der Waals surface area contributed by atoms with Crippen LogP contribution in [0.3, 0.4) is 0 Å². The smallest absolute Gasteiger partial charge is 0.283 e. The van der Waals surface area contributed by atoms with E-state index >= 15 is 0 Å². The molecule has 1 amide bonds. The van der Waals surface area contributed by atoms with Gasteiger partial charge >= 0.3 is 0 Å². The summed E-state index contributed by atoms with van der Waals surface area (Å²) in [5.41, 5.74) is 2.50. The number of carbonyl (C=O) groups excluding carboxylic acids is 1. The lowest BCUT2D eigenvalue weighted by atomic mass is 10.1. The van der Waals surface area contributed by atoms with Gasteiger partial charge in [0.1, 0.15) is 11.7 Å². The van der Waals surface area contributed by atoms with Gasteiger partial charge in [0.25, 0.3) is 11.5 Å². The van der Waals surface area contributed by atoms with Crippen molar-refractivity contribution in [3.63, 3.8) is 0 Å². The lowest BCUT2D eigenvalue weighted by Crippen LogP contribution is -2.33. The number of ether oxygens (including phenoxy) is 3. The fourth-order valence-corrected chi connectivity index (χ4v) is 3.18. The molecule has 0 aliphatic rings. The Morgan fingerprint density at radius 3 is 2.16 bits per heavy atom. The first kappa shape index (κ1) is 23.1. The predicted molar refractivity (Wildman–Crippen MR) is 120 cm³/mol. The highest BCUT2D eigenvalue weighted by molar-refractivity contribution is 6.01. The topological polar surface area (TPSA) is 110 Å². The van der Waals surface area contributed by atoms with E-state index in [2.05, 4.69) is 15.5 Å². The summed E-state index contributed by atoms with van der Waals surface area (Å²) in [4.78, 5) is 30.2. The lowest BCUT2D eigenvalue weighted by molar-refractivity contribution is 0.101. The number of carbonyl (C=O) groups is 1. The predicted octanol–water partition coefficient (Wildman–Crippen LogP) is 2.93. The number of fused-ring (bicyclic) bond motifs is 1. The van der Waals surface area contributed by atoms with Crippen LogP contribution < -0.4 is 25.2 Å². The Labute approximate surface area is 186 Å². The zero-order chi connectivity index (χ0) is 23.5. The number of hydrogen-bond acceptors (Lipinski definition) is 7. The zero-order valence-corrected chi connectivity index (χ0v) is 19.3. The van der Waals surface area contributed by atoms with Gasteiger partial charge in [0.2, 0.25) is 5.75 Å². The third-order valence-corrected chi connectivity index (χ3v) is 4.52. The molecule has 0 aliphatic heterocycles. The largest absolute Gasteiger partial charge is 0.490 e. The Morgan fingerprint density at radius 2 is 1.62 bits per heavy atom. The van der Waals surface area contributed by atoms with Crippen LogP contribution >= 0.6 is 0 Å². The van der Waals surface area contributed by atoms with E-state index in [1.165, 1.54) is 12.5 Å². The van der Waals surface area contributed by atoms with Crippen molar-refractivity contribution in [1.29, 1.82) is 0 Å². The summed E-state index contributed by atoms with van der Waals surface area (Å²) in [6, 6.07) is 3.11. The number of benzene rings is 1. The molecule has 10 heteroatoms. The summed E-state index contributed by atoms with van der Waals surface area (Å²) in [5.74, 6) is 0.680. The van der Waals surface area contributed by atoms with Gasteiger partial charge in [-0.25, -0.2) is 14.3 Å². The third-order valence-electron chi connectivity index (χ3n) is 4.52. The van der Waals surface area contributed by atoms with Crippen LogP contribution in [0.1, 0.15) is 51.9 Å². The Hall–Kier alpha value is -3.56. The summed E-state index contributed by atoms with van der Waals surface area (Å²) < 4.78 is 19.7. The molecule has 0 saturated carbocycles. The van der Waals surface area contributed by atoms with Crippen molar-refractivity contribution in [3.8, 4) is 17.2 Å². The molecular formula is C22H29N5O5. The van der Waals surface area contributed by atoms with Gasteiger partial charge in [0.15, 0.2) is 17.1 Å². The fraction of sp³-hybridized carbons (Fsp3) is 0.455. The quantitative estimate of drug-likeness (QED) is 0.570. The maximum absolute atomic E-state index is 13.0. The molecular weight excluding hydrogens is 414 g/mol. The summed E-state index contributed by atoms with van der Waals surface area (Å²) >= 11 is 0. The molecule has 0 radical (unpaired) electrons. The van der Waals surface area contributed by atoms with E-state index in [0.29, 0.717) is 48.1 Å². The molecule has 0 saturated heterocycles. The number of aromatic nitrogens is 4. The molecule has 2 aromatic heterocycles. The van der Waals surface area contributed by atoms with E-state index in [1.807, 2.05) is 41.5 Å². The molecule has 0 bridgehead atoms. The van der Waals surface area contributed by atoms with Crippen LogP contribution in [0, 0.1) is 0 Å². The molecule has 10 nitrogen and oxygen atoms in total. The van der Waals surface area contributed by atoms with E-state index in [-0.39, 0.29) is 11.1 Å². The van der Waals surface area contributed by atoms with Crippen LogP contribution in [0.4, 0.5) is 0 Å². The van der Waals surface area contributed by atoms with Gasteiger partial charge in [-0.2, -0.15) is 5.10 Å². The first-order valence-electron chi connectivity index (χ1n) is 10.5. The van der Waals surface area contributed by atoms with E-state index in [1.54, 1.807) is 16.8 Å². The molecule has 0 spiro atoms. The van der Waals surface area contributed by atoms with Gasteiger partial charge in [-0.1, -0.05) is 0 Å². The summed E-state index contributed by atoms with van der Waals surface area (Å²) in [6.45, 7) is 12.6. The van der Waals surface area contributed by atoms with Crippen LogP contribution in [0.2, 0.25) is 0 Å². The van der Waals surface area contributed by atoms with E-state index < -0.39 is 11.5 Å². The number of rotatable bonds is 8. The monoisotopic (exact) mass is 443 g/mol. The second-order valence-electron chi connectivity index (χ2n) is 7.93. The van der Waals surface area contributed by atoms with Crippen LogP contribution in [0.25, 0.3) is 11.0 Å². The first-order valence-corrected chi connectivity index (χ1v) is 10.5. The molecule has 1 aromatic carbocycles. The van der Waals surface area contributed by atoms with Crippen LogP contribution in [-0.4, -0.2) is 45.2 Å². The standard InChI is InChI=1S/C22H29N5O5/c1-7-30-16-10-14(11-17(31-8-2)18(16)32-9-3)20(28)25-26-13-23-19-15(21(26)29)12-24-27(19)22(4,5)6/h10-13H,7-9H2,1-6H3,(H,25,28).